The third kappa shape index (κ3) is 4.07. The van der Waals surface area contributed by atoms with Gasteiger partial charge in [0.1, 0.15) is 24.3 Å². The van der Waals surface area contributed by atoms with Crippen LogP contribution in [0.3, 0.4) is 0 Å². The molecule has 0 saturated carbocycles. The first-order chi connectivity index (χ1) is 10.5. The summed E-state index contributed by atoms with van der Waals surface area (Å²) in [6, 6.07) is 6.02. The molecule has 0 radical (unpaired) electrons. The zero-order chi connectivity index (χ0) is 16.1. The fourth-order valence-corrected chi connectivity index (χ4v) is 2.38. The molecule has 0 amide bonds. The number of nitrogens with zero attached hydrogens (tertiary/aromatic N) is 3. The lowest BCUT2D eigenvalue weighted by Crippen LogP contribution is -2.25. The highest BCUT2D eigenvalue weighted by Gasteiger charge is 2.13. The van der Waals surface area contributed by atoms with Gasteiger partial charge >= 0.3 is 0 Å². The Hall–Kier alpha value is -1.88. The highest BCUT2D eigenvalue weighted by atomic mass is 16.5. The predicted molar refractivity (Wildman–Crippen MR) is 86.2 cm³/mol. The van der Waals surface area contributed by atoms with Gasteiger partial charge in [-0.25, -0.2) is 9.67 Å². The van der Waals surface area contributed by atoms with E-state index in [2.05, 4.69) is 16.1 Å². The van der Waals surface area contributed by atoms with E-state index in [1.807, 2.05) is 39.8 Å². The second kappa shape index (κ2) is 7.40. The van der Waals surface area contributed by atoms with E-state index in [0.29, 0.717) is 6.54 Å². The van der Waals surface area contributed by atoms with Crippen LogP contribution in [0.5, 0.6) is 5.75 Å². The first-order valence-electron chi connectivity index (χ1n) is 7.84. The van der Waals surface area contributed by atoms with E-state index in [0.717, 1.165) is 35.8 Å². The van der Waals surface area contributed by atoms with Crippen molar-refractivity contribution in [3.63, 3.8) is 0 Å². The lowest BCUT2D eigenvalue weighted by atomic mass is 10.1. The van der Waals surface area contributed by atoms with E-state index >= 15 is 0 Å². The van der Waals surface area contributed by atoms with Gasteiger partial charge in [-0.15, -0.1) is 0 Å². The van der Waals surface area contributed by atoms with Crippen LogP contribution in [0.25, 0.3) is 0 Å². The van der Waals surface area contributed by atoms with E-state index in [-0.39, 0.29) is 6.61 Å². The highest BCUT2D eigenvalue weighted by Crippen LogP contribution is 2.19. The highest BCUT2D eigenvalue weighted by molar-refractivity contribution is 5.35. The predicted octanol–water partition coefficient (Wildman–Crippen LogP) is 2.46. The summed E-state index contributed by atoms with van der Waals surface area (Å²) < 4.78 is 7.51. The molecule has 0 fully saturated rings. The van der Waals surface area contributed by atoms with Gasteiger partial charge in [-0.05, 0) is 25.5 Å². The van der Waals surface area contributed by atoms with Gasteiger partial charge in [-0.3, -0.25) is 0 Å². The number of benzene rings is 1. The van der Waals surface area contributed by atoms with Gasteiger partial charge in [0.05, 0.1) is 6.54 Å². The molecule has 0 spiro atoms. The molecule has 2 rings (SSSR count). The van der Waals surface area contributed by atoms with Gasteiger partial charge in [-0.2, -0.15) is 5.10 Å². The molecule has 0 bridgehead atoms. The van der Waals surface area contributed by atoms with Crippen molar-refractivity contribution in [2.45, 2.75) is 53.2 Å². The Bertz CT molecular complexity index is 622. The summed E-state index contributed by atoms with van der Waals surface area (Å²) in [6.07, 6.45) is 0.990. The van der Waals surface area contributed by atoms with Gasteiger partial charge in [0.15, 0.2) is 5.82 Å². The number of aliphatic hydroxyl groups excluding tert-OH is 1. The van der Waals surface area contributed by atoms with Gasteiger partial charge in [0, 0.05) is 12.8 Å². The third-order valence-electron chi connectivity index (χ3n) is 3.57. The van der Waals surface area contributed by atoms with Crippen LogP contribution in [-0.4, -0.2) is 32.6 Å². The second-order valence-corrected chi connectivity index (χ2v) is 5.57. The Morgan fingerprint density at radius 2 is 2.00 bits per heavy atom. The minimum Gasteiger partial charge on any atom is -0.491 e. The zero-order valence-corrected chi connectivity index (χ0v) is 13.8. The minimum atomic E-state index is -0.614. The Morgan fingerprint density at radius 3 is 2.64 bits per heavy atom. The molecule has 120 valence electrons. The van der Waals surface area contributed by atoms with Gasteiger partial charge < -0.3 is 9.84 Å². The van der Waals surface area contributed by atoms with E-state index in [4.69, 9.17) is 4.74 Å². The fourth-order valence-electron chi connectivity index (χ4n) is 2.38. The largest absolute Gasteiger partial charge is 0.491 e. The van der Waals surface area contributed by atoms with Crippen molar-refractivity contribution in [2.75, 3.05) is 6.61 Å². The van der Waals surface area contributed by atoms with Crippen LogP contribution in [0.15, 0.2) is 18.2 Å². The van der Waals surface area contributed by atoms with Crippen LogP contribution in [0.2, 0.25) is 0 Å². The standard InChI is InChI=1S/C17H25N3O2/c1-5-16-18-17(6-2)20(19-16)10-14(21)11-22-15-8-7-12(3)9-13(15)4/h7-9,14,21H,5-6,10-11H2,1-4H3. The molecule has 5 nitrogen and oxygen atoms in total. The molecule has 1 heterocycles. The number of aromatic nitrogens is 3. The summed E-state index contributed by atoms with van der Waals surface area (Å²) in [7, 11) is 0. The molecule has 1 N–H and O–H groups in total. The Labute approximate surface area is 132 Å². The second-order valence-electron chi connectivity index (χ2n) is 5.57. The van der Waals surface area contributed by atoms with Crippen molar-refractivity contribution >= 4 is 0 Å². The van der Waals surface area contributed by atoms with Crippen molar-refractivity contribution in [3.05, 3.63) is 41.0 Å². The number of aliphatic hydroxyl groups is 1. The molecule has 0 aliphatic carbocycles. The van der Waals surface area contributed by atoms with E-state index < -0.39 is 6.10 Å². The smallest absolute Gasteiger partial charge is 0.150 e. The molecule has 1 aromatic heterocycles. The summed E-state index contributed by atoms with van der Waals surface area (Å²) in [5.74, 6) is 2.54. The van der Waals surface area contributed by atoms with Crippen molar-refractivity contribution in [3.8, 4) is 5.75 Å². The molecular weight excluding hydrogens is 278 g/mol. The summed E-state index contributed by atoms with van der Waals surface area (Å²) in [4.78, 5) is 4.44. The maximum absolute atomic E-state index is 10.2. The third-order valence-corrected chi connectivity index (χ3v) is 3.57. The molecule has 0 aliphatic rings. The molecule has 0 saturated heterocycles. The summed E-state index contributed by atoms with van der Waals surface area (Å²) in [5.41, 5.74) is 2.28. The number of hydrogen-bond donors (Lipinski definition) is 1. The fraction of sp³-hybridized carbons (Fsp3) is 0.529. The van der Waals surface area contributed by atoms with Crippen LogP contribution in [-0.2, 0) is 19.4 Å². The summed E-state index contributed by atoms with van der Waals surface area (Å²) in [5, 5.41) is 14.6. The van der Waals surface area contributed by atoms with Crippen molar-refractivity contribution in [1.29, 1.82) is 0 Å². The first kappa shape index (κ1) is 16.5. The van der Waals surface area contributed by atoms with E-state index in [1.54, 1.807) is 4.68 Å². The molecule has 1 unspecified atom stereocenters. The van der Waals surface area contributed by atoms with Crippen molar-refractivity contribution in [1.82, 2.24) is 14.8 Å². The maximum Gasteiger partial charge on any atom is 0.150 e. The lowest BCUT2D eigenvalue weighted by Gasteiger charge is -2.15. The molecular formula is C17H25N3O2. The Morgan fingerprint density at radius 1 is 1.23 bits per heavy atom. The first-order valence-corrected chi connectivity index (χ1v) is 7.84. The lowest BCUT2D eigenvalue weighted by molar-refractivity contribution is 0.0880. The maximum atomic E-state index is 10.2. The molecule has 0 aliphatic heterocycles. The normalized spacial score (nSPS) is 12.4. The monoisotopic (exact) mass is 303 g/mol. The van der Waals surface area contributed by atoms with E-state index in [1.165, 1.54) is 5.56 Å². The summed E-state index contributed by atoms with van der Waals surface area (Å²) >= 11 is 0. The van der Waals surface area contributed by atoms with Crippen molar-refractivity contribution < 1.29 is 9.84 Å². The average molecular weight is 303 g/mol. The number of hydrogen-bond acceptors (Lipinski definition) is 4. The quantitative estimate of drug-likeness (QED) is 0.853. The van der Waals surface area contributed by atoms with Crippen molar-refractivity contribution in [2.24, 2.45) is 0 Å². The molecule has 2 aromatic rings. The number of ether oxygens (including phenoxy) is 1. The van der Waals surface area contributed by atoms with Crippen LogP contribution < -0.4 is 4.74 Å². The topological polar surface area (TPSA) is 60.2 Å². The Balaban J connectivity index is 1.95. The summed E-state index contributed by atoms with van der Waals surface area (Å²) in [6.45, 7) is 8.77. The number of aryl methyl sites for hydroxylation is 4. The van der Waals surface area contributed by atoms with E-state index in [9.17, 15) is 5.11 Å². The SMILES string of the molecule is CCc1nc(CC)n(CC(O)COc2ccc(C)cc2C)n1. The van der Waals surface area contributed by atoms with Crippen LogP contribution in [0.1, 0.15) is 36.6 Å². The van der Waals surface area contributed by atoms with Gasteiger partial charge in [-0.1, -0.05) is 31.5 Å². The minimum absolute atomic E-state index is 0.244. The van der Waals surface area contributed by atoms with Gasteiger partial charge in [0.2, 0.25) is 0 Å². The molecule has 1 aromatic carbocycles. The van der Waals surface area contributed by atoms with Gasteiger partial charge in [0.25, 0.3) is 0 Å². The molecule has 22 heavy (non-hydrogen) atoms. The Kier molecular flexibility index (Phi) is 5.55. The molecule has 1 atom stereocenters. The van der Waals surface area contributed by atoms with Crippen LogP contribution >= 0.6 is 0 Å². The number of rotatable bonds is 7. The molecule has 5 heteroatoms. The van der Waals surface area contributed by atoms with Crippen LogP contribution in [0.4, 0.5) is 0 Å². The zero-order valence-electron chi connectivity index (χ0n) is 13.8. The van der Waals surface area contributed by atoms with Crippen LogP contribution in [0, 0.1) is 13.8 Å². The average Bonchev–Trinajstić information content (AvgIpc) is 2.88.